The maximum Gasteiger partial charge on any atom is 0.193 e. The number of thiophene rings is 1. The van der Waals surface area contributed by atoms with E-state index in [2.05, 4.69) is 115 Å². The molecule has 0 spiro atoms. The molecule has 0 aliphatic carbocycles. The van der Waals surface area contributed by atoms with Crippen LogP contribution >= 0.6 is 19.8 Å². The van der Waals surface area contributed by atoms with Crippen LogP contribution in [0.5, 0.6) is 0 Å². The van der Waals surface area contributed by atoms with E-state index in [1.54, 1.807) is 11.3 Å². The van der Waals surface area contributed by atoms with Crippen LogP contribution < -0.4 is 5.30 Å². The number of hydrogen-bond donors (Lipinski definition) is 0. The van der Waals surface area contributed by atoms with Crippen molar-refractivity contribution < 1.29 is 4.57 Å². The Morgan fingerprint density at radius 1 is 0.486 bits per heavy atom. The van der Waals surface area contributed by atoms with Gasteiger partial charge in [-0.2, -0.15) is 0 Å². The molecule has 1 heterocycles. The molecule has 1 nitrogen and oxygen atoms in total. The van der Waals surface area contributed by atoms with Crippen LogP contribution in [-0.2, 0) is 4.57 Å². The zero-order valence-corrected chi connectivity index (χ0v) is 20.4. The summed E-state index contributed by atoms with van der Waals surface area (Å²) in [6.45, 7) is 0. The normalized spacial score (nSPS) is 11.8. The summed E-state index contributed by atoms with van der Waals surface area (Å²) in [6.07, 6.45) is 0. The second-order valence-electron chi connectivity index (χ2n) is 8.80. The van der Waals surface area contributed by atoms with E-state index in [-0.39, 0.29) is 8.46 Å². The largest absolute Gasteiger partial charge is 0.269 e. The Morgan fingerprint density at radius 3 is 1.31 bits per heavy atom. The Hall–Kier alpha value is -3.84. The van der Waals surface area contributed by atoms with Gasteiger partial charge in [0.05, 0.1) is 10.2 Å². The molecule has 0 radical (unpaired) electrons. The van der Waals surface area contributed by atoms with Crippen LogP contribution in [0.1, 0.15) is 0 Å². The van der Waals surface area contributed by atoms with Crippen molar-refractivity contribution in [1.82, 2.24) is 0 Å². The molecular weight excluding hydrogens is 463 g/mol. The van der Waals surface area contributed by atoms with Gasteiger partial charge in [0.1, 0.15) is 0 Å². The maximum atomic E-state index is 12.5. The molecule has 0 bridgehead atoms. The minimum atomic E-state index is 0.0354. The van der Waals surface area contributed by atoms with E-state index in [4.69, 9.17) is 0 Å². The third-order valence-electron chi connectivity index (χ3n) is 6.83. The van der Waals surface area contributed by atoms with Gasteiger partial charge < -0.3 is 0 Å². The standard InChI is InChI=1S/C32H19OPS/c33-34-28-19-29(30-24-13-5-1-9-20(24)17-21-10-2-6-14-25(21)30)35-32(28)31-26-15-7-3-11-22(26)18-23-12-4-8-16-27(23)31/h1-19H. The predicted molar refractivity (Wildman–Crippen MR) is 152 cm³/mol. The number of hydrogen-bond acceptors (Lipinski definition) is 2. The molecular formula is C32H19OPS. The van der Waals surface area contributed by atoms with E-state index >= 15 is 0 Å². The second kappa shape index (κ2) is 8.13. The van der Waals surface area contributed by atoms with Crippen LogP contribution in [0.3, 0.4) is 0 Å². The van der Waals surface area contributed by atoms with Crippen LogP contribution in [0.25, 0.3) is 64.0 Å². The molecule has 0 aliphatic heterocycles. The third kappa shape index (κ3) is 3.22. The molecule has 0 saturated carbocycles. The summed E-state index contributed by atoms with van der Waals surface area (Å²) < 4.78 is 12.5. The zero-order chi connectivity index (χ0) is 23.4. The summed E-state index contributed by atoms with van der Waals surface area (Å²) in [6, 6.07) is 40.7. The summed E-state index contributed by atoms with van der Waals surface area (Å²) >= 11 is 1.74. The van der Waals surface area contributed by atoms with Crippen LogP contribution in [0, 0.1) is 0 Å². The highest BCUT2D eigenvalue weighted by Crippen LogP contribution is 2.45. The van der Waals surface area contributed by atoms with Crippen molar-refractivity contribution in [3.05, 3.63) is 115 Å². The average Bonchev–Trinajstić information content (AvgIpc) is 3.33. The molecule has 7 aromatic rings. The molecule has 0 N–H and O–H groups in total. The van der Waals surface area contributed by atoms with E-state index in [1.807, 2.05) is 0 Å². The fourth-order valence-corrected chi connectivity index (χ4v) is 7.21. The van der Waals surface area contributed by atoms with Crippen molar-refractivity contribution in [3.8, 4) is 20.9 Å². The molecule has 1 aromatic heterocycles. The lowest BCUT2D eigenvalue weighted by Crippen LogP contribution is -1.93. The van der Waals surface area contributed by atoms with Gasteiger partial charge in [0.2, 0.25) is 0 Å². The lowest BCUT2D eigenvalue weighted by atomic mass is 9.95. The first-order valence-corrected chi connectivity index (χ1v) is 13.2. The fourth-order valence-electron chi connectivity index (χ4n) is 5.29. The van der Waals surface area contributed by atoms with Crippen molar-refractivity contribution in [2.75, 3.05) is 0 Å². The van der Waals surface area contributed by atoms with Gasteiger partial charge in [-0.1, -0.05) is 97.1 Å². The third-order valence-corrected chi connectivity index (χ3v) is 8.70. The molecule has 0 unspecified atom stereocenters. The van der Waals surface area contributed by atoms with E-state index in [0.29, 0.717) is 0 Å². The van der Waals surface area contributed by atoms with Gasteiger partial charge in [0.25, 0.3) is 0 Å². The van der Waals surface area contributed by atoms with Crippen molar-refractivity contribution in [3.63, 3.8) is 0 Å². The van der Waals surface area contributed by atoms with Crippen molar-refractivity contribution >= 4 is 68.2 Å². The predicted octanol–water partition coefficient (Wildman–Crippen LogP) is 9.61. The average molecular weight is 483 g/mol. The van der Waals surface area contributed by atoms with Crippen LogP contribution in [-0.4, -0.2) is 0 Å². The molecule has 6 aromatic carbocycles. The molecule has 0 aliphatic rings. The van der Waals surface area contributed by atoms with Gasteiger partial charge >= 0.3 is 0 Å². The Balaban J connectivity index is 1.60. The first kappa shape index (κ1) is 20.5. The molecule has 0 fully saturated rings. The maximum absolute atomic E-state index is 12.5. The Bertz CT molecular complexity index is 1820. The molecule has 7 rings (SSSR count). The highest BCUT2D eigenvalue weighted by atomic mass is 32.1. The van der Waals surface area contributed by atoms with E-state index in [9.17, 15) is 4.57 Å². The lowest BCUT2D eigenvalue weighted by molar-refractivity contribution is 0.603. The molecule has 3 heteroatoms. The minimum Gasteiger partial charge on any atom is -0.269 e. The second-order valence-corrected chi connectivity index (χ2v) is 10.5. The van der Waals surface area contributed by atoms with Gasteiger partial charge in [0, 0.05) is 16.0 Å². The topological polar surface area (TPSA) is 17.1 Å². The first-order chi connectivity index (χ1) is 17.3. The SMILES string of the molecule is O=Pc1cc(-c2c3ccccc3cc3ccccc23)sc1-c1c2ccccc2cc2ccccc12. The number of benzene rings is 6. The fraction of sp³-hybridized carbons (Fsp3) is 0. The van der Waals surface area contributed by atoms with Crippen LogP contribution in [0.15, 0.2) is 115 Å². The zero-order valence-electron chi connectivity index (χ0n) is 18.7. The molecule has 164 valence electrons. The Kier molecular flexibility index (Phi) is 4.77. The smallest absolute Gasteiger partial charge is 0.193 e. The molecule has 35 heavy (non-hydrogen) atoms. The Labute approximate surface area is 208 Å². The van der Waals surface area contributed by atoms with Crippen molar-refractivity contribution in [2.24, 2.45) is 0 Å². The van der Waals surface area contributed by atoms with Gasteiger partial charge in [-0.25, -0.2) is 0 Å². The van der Waals surface area contributed by atoms with Gasteiger partial charge in [-0.05, 0) is 61.3 Å². The van der Waals surface area contributed by atoms with E-state index in [1.165, 1.54) is 48.7 Å². The van der Waals surface area contributed by atoms with Crippen molar-refractivity contribution in [1.29, 1.82) is 0 Å². The molecule has 0 atom stereocenters. The van der Waals surface area contributed by atoms with E-state index in [0.717, 1.165) is 20.6 Å². The lowest BCUT2D eigenvalue weighted by Gasteiger charge is -2.11. The molecule has 0 saturated heterocycles. The van der Waals surface area contributed by atoms with Crippen LogP contribution in [0.4, 0.5) is 0 Å². The summed E-state index contributed by atoms with van der Waals surface area (Å²) in [5.41, 5.74) is 2.38. The van der Waals surface area contributed by atoms with Crippen molar-refractivity contribution in [2.45, 2.75) is 0 Å². The van der Waals surface area contributed by atoms with Gasteiger partial charge in [-0.15, -0.1) is 11.3 Å². The monoisotopic (exact) mass is 482 g/mol. The van der Waals surface area contributed by atoms with Gasteiger partial charge in [0.15, 0.2) is 8.46 Å². The Morgan fingerprint density at radius 2 is 0.886 bits per heavy atom. The first-order valence-electron chi connectivity index (χ1n) is 11.6. The number of fused-ring (bicyclic) bond motifs is 4. The summed E-state index contributed by atoms with van der Waals surface area (Å²) in [7, 11) is 0.0354. The van der Waals surface area contributed by atoms with Gasteiger partial charge in [-0.3, -0.25) is 4.57 Å². The van der Waals surface area contributed by atoms with Crippen LogP contribution in [0.2, 0.25) is 0 Å². The summed E-state index contributed by atoms with van der Waals surface area (Å²) in [4.78, 5) is 2.21. The quantitative estimate of drug-likeness (QED) is 0.181. The van der Waals surface area contributed by atoms with E-state index < -0.39 is 0 Å². The number of rotatable bonds is 3. The minimum absolute atomic E-state index is 0.0354. The highest BCUT2D eigenvalue weighted by Gasteiger charge is 2.20. The summed E-state index contributed by atoms with van der Waals surface area (Å²) in [5.74, 6) is 0. The summed E-state index contributed by atoms with van der Waals surface area (Å²) in [5, 5.41) is 10.5. The molecule has 0 amide bonds. The highest BCUT2D eigenvalue weighted by molar-refractivity contribution is 7.37.